The maximum Gasteiger partial charge on any atom is 0.410 e. The monoisotopic (exact) mass is 336 g/mol. The zero-order valence-electron chi connectivity index (χ0n) is 16.3. The zero-order valence-corrected chi connectivity index (χ0v) is 16.3. The van der Waals surface area contributed by atoms with E-state index in [4.69, 9.17) is 9.47 Å². The number of nitrogens with zero attached hydrogens (tertiary/aromatic N) is 2. The lowest BCUT2D eigenvalue weighted by atomic mass is 9.91. The molecule has 5 heteroatoms. The maximum absolute atomic E-state index is 12.1. The number of rotatable bonds is 6. The summed E-state index contributed by atoms with van der Waals surface area (Å²) in [4.78, 5) is 15.9. The molecule has 1 rings (SSSR count). The molecule has 1 aromatic rings. The van der Waals surface area contributed by atoms with Crippen molar-refractivity contribution >= 4 is 6.09 Å². The first kappa shape index (κ1) is 20.3. The molecule has 0 saturated carbocycles. The molecule has 0 heterocycles. The first-order valence-corrected chi connectivity index (χ1v) is 8.28. The molecule has 24 heavy (non-hydrogen) atoms. The lowest BCUT2D eigenvalue weighted by Gasteiger charge is -2.38. The quantitative estimate of drug-likeness (QED) is 0.794. The van der Waals surface area contributed by atoms with Crippen LogP contribution in [0.3, 0.4) is 0 Å². The van der Waals surface area contributed by atoms with Crippen LogP contribution in [0.1, 0.15) is 40.2 Å². The maximum atomic E-state index is 12.1. The van der Waals surface area contributed by atoms with E-state index in [1.54, 1.807) is 19.1 Å². The van der Waals surface area contributed by atoms with Crippen molar-refractivity contribution in [2.75, 3.05) is 34.3 Å². The first-order chi connectivity index (χ1) is 11.0. The number of hydrogen-bond donors (Lipinski definition) is 0. The van der Waals surface area contributed by atoms with Crippen molar-refractivity contribution < 1.29 is 14.3 Å². The molecule has 1 aromatic carbocycles. The van der Waals surface area contributed by atoms with E-state index in [-0.39, 0.29) is 11.6 Å². The molecule has 0 saturated heterocycles. The van der Waals surface area contributed by atoms with Crippen LogP contribution < -0.4 is 4.74 Å². The van der Waals surface area contributed by atoms with Gasteiger partial charge >= 0.3 is 6.09 Å². The molecule has 0 unspecified atom stereocenters. The Morgan fingerprint density at radius 3 is 2.17 bits per heavy atom. The van der Waals surface area contributed by atoms with E-state index in [0.29, 0.717) is 6.54 Å². The lowest BCUT2D eigenvalue weighted by molar-refractivity contribution is 0.0264. The minimum absolute atomic E-state index is 0.221. The van der Waals surface area contributed by atoms with E-state index in [1.165, 1.54) is 0 Å². The molecule has 0 atom stereocenters. The minimum Gasteiger partial charge on any atom is -0.496 e. The Bertz CT molecular complexity index is 550. The second-order valence-corrected chi connectivity index (χ2v) is 7.58. The highest BCUT2D eigenvalue weighted by atomic mass is 16.6. The van der Waals surface area contributed by atoms with Crippen molar-refractivity contribution in [1.29, 1.82) is 0 Å². The molecule has 5 nitrogen and oxygen atoms in total. The van der Waals surface area contributed by atoms with Crippen molar-refractivity contribution in [1.82, 2.24) is 9.80 Å². The smallest absolute Gasteiger partial charge is 0.410 e. The highest BCUT2D eigenvalue weighted by molar-refractivity contribution is 5.67. The summed E-state index contributed by atoms with van der Waals surface area (Å²) in [5.41, 5.74) is 0.421. The van der Waals surface area contributed by atoms with Gasteiger partial charge in [0, 0.05) is 31.2 Å². The van der Waals surface area contributed by atoms with Crippen molar-refractivity contribution in [2.45, 2.75) is 45.8 Å². The van der Waals surface area contributed by atoms with Crippen molar-refractivity contribution in [3.63, 3.8) is 0 Å². The Hall–Kier alpha value is -1.75. The number of para-hydroxylation sites is 1. The van der Waals surface area contributed by atoms with E-state index < -0.39 is 5.60 Å². The third-order valence-electron chi connectivity index (χ3n) is 4.20. The summed E-state index contributed by atoms with van der Waals surface area (Å²) in [5, 5.41) is 0. The van der Waals surface area contributed by atoms with Gasteiger partial charge in [0.2, 0.25) is 0 Å². The summed E-state index contributed by atoms with van der Waals surface area (Å²) in [6, 6.07) is 8.03. The third-order valence-corrected chi connectivity index (χ3v) is 4.20. The van der Waals surface area contributed by atoms with Gasteiger partial charge in [-0.15, -0.1) is 0 Å². The first-order valence-electron chi connectivity index (χ1n) is 8.28. The van der Waals surface area contributed by atoms with Crippen LogP contribution in [0.25, 0.3) is 0 Å². The van der Waals surface area contributed by atoms with Gasteiger partial charge in [-0.05, 0) is 47.7 Å². The topological polar surface area (TPSA) is 42.0 Å². The number of benzene rings is 1. The van der Waals surface area contributed by atoms with Crippen LogP contribution >= 0.6 is 0 Å². The number of amides is 1. The van der Waals surface area contributed by atoms with Crippen LogP contribution in [0.5, 0.6) is 5.75 Å². The molecule has 0 fully saturated rings. The second kappa shape index (κ2) is 7.88. The number of likely N-dealkylation sites (N-methyl/N-ethyl adjacent to an activating group) is 2. The van der Waals surface area contributed by atoms with Gasteiger partial charge in [-0.2, -0.15) is 0 Å². The molecule has 0 radical (unpaired) electrons. The highest BCUT2D eigenvalue weighted by Gasteiger charge is 2.29. The minimum atomic E-state index is -0.478. The van der Waals surface area contributed by atoms with Gasteiger partial charge in [-0.3, -0.25) is 4.90 Å². The summed E-state index contributed by atoms with van der Waals surface area (Å²) < 4.78 is 10.9. The van der Waals surface area contributed by atoms with Crippen molar-refractivity contribution in [3.05, 3.63) is 29.8 Å². The number of carbonyl (C=O) groups is 1. The molecule has 0 aromatic heterocycles. The van der Waals surface area contributed by atoms with Crippen LogP contribution in [0.4, 0.5) is 4.79 Å². The second-order valence-electron chi connectivity index (χ2n) is 7.58. The summed E-state index contributed by atoms with van der Waals surface area (Å²) in [6.45, 7) is 11.2. The Morgan fingerprint density at radius 2 is 1.62 bits per heavy atom. The standard InChI is InChI=1S/C19H32N2O3/c1-18(2,3)24-17(22)20(6)13-14-21(7)19(4,5)15-11-9-10-12-16(15)23-8/h9-12H,13-14H2,1-8H3. The summed E-state index contributed by atoms with van der Waals surface area (Å²) in [5.74, 6) is 0.870. The zero-order chi connectivity index (χ0) is 18.5. The predicted octanol–water partition coefficient (Wildman–Crippen LogP) is 3.73. The molecule has 0 spiro atoms. The molecule has 0 N–H and O–H groups in total. The SMILES string of the molecule is COc1ccccc1C(C)(C)N(C)CCN(C)C(=O)OC(C)(C)C. The van der Waals surface area contributed by atoms with Crippen LogP contribution in [-0.2, 0) is 10.3 Å². The number of hydrogen-bond acceptors (Lipinski definition) is 4. The molecular formula is C19H32N2O3. The van der Waals surface area contributed by atoms with Gasteiger partial charge in [0.15, 0.2) is 0 Å². The fourth-order valence-electron chi connectivity index (χ4n) is 2.37. The van der Waals surface area contributed by atoms with Gasteiger partial charge in [-0.25, -0.2) is 4.79 Å². The van der Waals surface area contributed by atoms with Crippen LogP contribution in [0.2, 0.25) is 0 Å². The molecule has 0 aliphatic heterocycles. The van der Waals surface area contributed by atoms with Crippen LogP contribution in [-0.4, -0.2) is 55.8 Å². The fourth-order valence-corrected chi connectivity index (χ4v) is 2.37. The van der Waals surface area contributed by atoms with Gasteiger partial charge in [0.05, 0.1) is 7.11 Å². The Morgan fingerprint density at radius 1 is 1.04 bits per heavy atom. The van der Waals surface area contributed by atoms with E-state index in [0.717, 1.165) is 17.9 Å². The van der Waals surface area contributed by atoms with Crippen LogP contribution in [0, 0.1) is 0 Å². The Balaban J connectivity index is 2.73. The van der Waals surface area contributed by atoms with Gasteiger partial charge in [-0.1, -0.05) is 18.2 Å². The molecule has 0 bridgehead atoms. The van der Waals surface area contributed by atoms with Gasteiger partial charge in [0.1, 0.15) is 11.4 Å². The Kier molecular flexibility index (Phi) is 6.67. The average molecular weight is 336 g/mol. The van der Waals surface area contributed by atoms with Crippen molar-refractivity contribution in [2.24, 2.45) is 0 Å². The van der Waals surface area contributed by atoms with E-state index in [2.05, 4.69) is 31.9 Å². The molecule has 136 valence electrons. The predicted molar refractivity (Wildman–Crippen MR) is 97.5 cm³/mol. The number of carbonyl (C=O) groups excluding carboxylic acids is 1. The fraction of sp³-hybridized carbons (Fsp3) is 0.632. The van der Waals surface area contributed by atoms with Gasteiger partial charge < -0.3 is 14.4 Å². The summed E-state index contributed by atoms with van der Waals surface area (Å²) >= 11 is 0. The number of ether oxygens (including phenoxy) is 2. The van der Waals surface area contributed by atoms with Crippen molar-refractivity contribution in [3.8, 4) is 5.75 Å². The molecule has 0 aliphatic rings. The lowest BCUT2D eigenvalue weighted by Crippen LogP contribution is -2.44. The molecule has 1 amide bonds. The summed E-state index contributed by atoms with van der Waals surface area (Å²) in [6.07, 6.45) is -0.300. The molecule has 0 aliphatic carbocycles. The van der Waals surface area contributed by atoms with Crippen LogP contribution in [0.15, 0.2) is 24.3 Å². The van der Waals surface area contributed by atoms with Gasteiger partial charge in [0.25, 0.3) is 0 Å². The average Bonchev–Trinajstić information content (AvgIpc) is 2.50. The highest BCUT2D eigenvalue weighted by Crippen LogP contribution is 2.33. The Labute approximate surface area is 146 Å². The third kappa shape index (κ3) is 5.41. The van der Waals surface area contributed by atoms with E-state index >= 15 is 0 Å². The number of methoxy groups -OCH3 is 1. The van der Waals surface area contributed by atoms with E-state index in [9.17, 15) is 4.79 Å². The molecular weight excluding hydrogens is 304 g/mol. The normalized spacial score (nSPS) is 12.2. The van der Waals surface area contributed by atoms with E-state index in [1.807, 2.05) is 39.0 Å². The summed E-state index contributed by atoms with van der Waals surface area (Å²) in [7, 11) is 5.50. The largest absolute Gasteiger partial charge is 0.496 e.